The third-order valence-electron chi connectivity index (χ3n) is 5.34. The number of benzene rings is 1. The minimum atomic E-state index is -4.73. The second-order valence-corrected chi connectivity index (χ2v) is 7.52. The van der Waals surface area contributed by atoms with Gasteiger partial charge in [-0.15, -0.1) is 0 Å². The minimum Gasteiger partial charge on any atom is -0.354 e. The number of halogens is 3. The van der Waals surface area contributed by atoms with Crippen LogP contribution in [0.4, 0.5) is 19.0 Å². The van der Waals surface area contributed by atoms with Crippen molar-refractivity contribution in [2.75, 3.05) is 18.0 Å². The van der Waals surface area contributed by atoms with Crippen molar-refractivity contribution < 1.29 is 18.0 Å². The van der Waals surface area contributed by atoms with Gasteiger partial charge in [-0.3, -0.25) is 9.78 Å². The van der Waals surface area contributed by atoms with Crippen LogP contribution in [0, 0.1) is 11.3 Å². The minimum absolute atomic E-state index is 0.0506. The summed E-state index contributed by atoms with van der Waals surface area (Å²) >= 11 is 0. The van der Waals surface area contributed by atoms with E-state index in [1.165, 1.54) is 18.5 Å². The number of nitrogens with zero attached hydrogens (tertiary/aromatic N) is 5. The molecular formula is C23H19F3N6O. The van der Waals surface area contributed by atoms with Gasteiger partial charge in [-0.25, -0.2) is 9.97 Å². The van der Waals surface area contributed by atoms with Gasteiger partial charge in [-0.2, -0.15) is 18.4 Å². The number of anilines is 1. The summed E-state index contributed by atoms with van der Waals surface area (Å²) < 4.78 is 40.3. The summed E-state index contributed by atoms with van der Waals surface area (Å²) in [6, 6.07) is 13.2. The van der Waals surface area contributed by atoms with Gasteiger partial charge in [-0.05, 0) is 42.7 Å². The van der Waals surface area contributed by atoms with Crippen molar-refractivity contribution in [1.29, 1.82) is 5.26 Å². The van der Waals surface area contributed by atoms with Crippen molar-refractivity contribution in [1.82, 2.24) is 20.3 Å². The van der Waals surface area contributed by atoms with Crippen LogP contribution in [-0.2, 0) is 17.4 Å². The van der Waals surface area contributed by atoms with Gasteiger partial charge in [0.2, 0.25) is 11.7 Å². The van der Waals surface area contributed by atoms with Crippen molar-refractivity contribution in [2.24, 2.45) is 0 Å². The molecule has 3 aromatic rings. The van der Waals surface area contributed by atoms with E-state index in [0.717, 1.165) is 5.56 Å². The van der Waals surface area contributed by atoms with E-state index in [1.807, 2.05) is 18.2 Å². The van der Waals surface area contributed by atoms with E-state index in [0.29, 0.717) is 37.1 Å². The number of aromatic nitrogens is 3. The molecule has 3 heterocycles. The maximum atomic E-state index is 13.4. The first kappa shape index (κ1) is 22.2. The number of hydrogen-bond donors (Lipinski definition) is 1. The summed E-state index contributed by atoms with van der Waals surface area (Å²) in [5.41, 5.74) is 2.04. The molecule has 1 saturated heterocycles. The smallest absolute Gasteiger partial charge is 0.354 e. The summed E-state index contributed by atoms with van der Waals surface area (Å²) in [5.74, 6) is -1.48. The predicted octanol–water partition coefficient (Wildman–Crippen LogP) is 3.37. The number of nitriles is 1. The summed E-state index contributed by atoms with van der Waals surface area (Å²) in [6.45, 7) is 0.780. The fourth-order valence-electron chi connectivity index (χ4n) is 3.50. The molecule has 1 N–H and O–H groups in total. The van der Waals surface area contributed by atoms with Crippen LogP contribution >= 0.6 is 0 Å². The molecule has 1 atom stereocenters. The number of rotatable bonds is 6. The molecule has 0 unspecified atom stereocenters. The molecule has 0 saturated carbocycles. The molecule has 1 aliphatic heterocycles. The van der Waals surface area contributed by atoms with Crippen LogP contribution in [0.2, 0.25) is 0 Å². The van der Waals surface area contributed by atoms with Crippen molar-refractivity contribution in [3.63, 3.8) is 0 Å². The Morgan fingerprint density at radius 1 is 1.21 bits per heavy atom. The maximum absolute atomic E-state index is 13.4. The highest BCUT2D eigenvalue weighted by Crippen LogP contribution is 2.33. The van der Waals surface area contributed by atoms with E-state index >= 15 is 0 Å². The molecule has 168 valence electrons. The third kappa shape index (κ3) is 5.09. The lowest BCUT2D eigenvalue weighted by molar-refractivity contribution is -0.144. The number of carbonyl (C=O) groups excluding carboxylic acids is 1. The standard InChI is InChI=1S/C23H19F3N6O/c24-23(25,26)22-30-18(17-2-1-9-28-14-17)12-20(31-22)32-11-8-19(32)21(33)29-10-7-15-3-5-16(13-27)6-4-15/h1-6,9,12,14,19H,7-8,10-11H2,(H,29,33)/t19-/m0/s1. The van der Waals surface area contributed by atoms with Crippen LogP contribution in [0.15, 0.2) is 54.9 Å². The van der Waals surface area contributed by atoms with Gasteiger partial charge in [-0.1, -0.05) is 12.1 Å². The second kappa shape index (κ2) is 9.24. The molecule has 10 heteroatoms. The zero-order valence-electron chi connectivity index (χ0n) is 17.4. The van der Waals surface area contributed by atoms with Gasteiger partial charge in [0, 0.05) is 37.1 Å². The Morgan fingerprint density at radius 2 is 2.00 bits per heavy atom. The lowest BCUT2D eigenvalue weighted by atomic mass is 10.0. The lowest BCUT2D eigenvalue weighted by Gasteiger charge is -2.40. The number of alkyl halides is 3. The monoisotopic (exact) mass is 452 g/mol. The molecule has 7 nitrogen and oxygen atoms in total. The highest BCUT2D eigenvalue weighted by molar-refractivity contribution is 5.86. The quantitative estimate of drug-likeness (QED) is 0.616. The zero-order valence-corrected chi connectivity index (χ0v) is 17.4. The van der Waals surface area contributed by atoms with Crippen molar-refractivity contribution in [3.8, 4) is 17.3 Å². The lowest BCUT2D eigenvalue weighted by Crippen LogP contribution is -2.57. The number of amides is 1. The average Bonchev–Trinajstić information content (AvgIpc) is 2.78. The third-order valence-corrected chi connectivity index (χ3v) is 5.34. The van der Waals surface area contributed by atoms with Crippen LogP contribution in [0.25, 0.3) is 11.3 Å². The van der Waals surface area contributed by atoms with Gasteiger partial charge >= 0.3 is 6.18 Å². The molecule has 0 radical (unpaired) electrons. The predicted molar refractivity (Wildman–Crippen MR) is 114 cm³/mol. The maximum Gasteiger partial charge on any atom is 0.451 e. The molecule has 4 rings (SSSR count). The number of nitrogens with one attached hydrogen (secondary N) is 1. The molecule has 1 aromatic carbocycles. The Labute approximate surface area is 187 Å². The van der Waals surface area contributed by atoms with Crippen molar-refractivity contribution in [2.45, 2.75) is 25.1 Å². The van der Waals surface area contributed by atoms with Gasteiger partial charge in [0.15, 0.2) is 0 Å². The van der Waals surface area contributed by atoms with Gasteiger partial charge < -0.3 is 10.2 Å². The van der Waals surface area contributed by atoms with E-state index in [9.17, 15) is 18.0 Å². The van der Waals surface area contributed by atoms with Crippen LogP contribution in [-0.4, -0.2) is 40.0 Å². The Balaban J connectivity index is 1.47. The van der Waals surface area contributed by atoms with Crippen LogP contribution < -0.4 is 10.2 Å². The van der Waals surface area contributed by atoms with E-state index in [-0.39, 0.29) is 17.4 Å². The number of pyridine rings is 1. The molecule has 1 fully saturated rings. The SMILES string of the molecule is N#Cc1ccc(CCNC(=O)[C@@H]2CCN2c2cc(-c3cccnc3)nc(C(F)(F)F)n2)cc1. The molecule has 1 aliphatic rings. The molecule has 0 bridgehead atoms. The molecule has 0 aliphatic carbocycles. The largest absolute Gasteiger partial charge is 0.451 e. The Morgan fingerprint density at radius 3 is 2.61 bits per heavy atom. The fraction of sp³-hybridized carbons (Fsp3) is 0.261. The van der Waals surface area contributed by atoms with Gasteiger partial charge in [0.05, 0.1) is 17.3 Å². The number of hydrogen-bond acceptors (Lipinski definition) is 6. The Bertz CT molecular complexity index is 1180. The van der Waals surface area contributed by atoms with Crippen molar-refractivity contribution >= 4 is 11.7 Å². The summed E-state index contributed by atoms with van der Waals surface area (Å²) in [6.07, 6.45) is -0.701. The van der Waals surface area contributed by atoms with Crippen LogP contribution in [0.5, 0.6) is 0 Å². The zero-order chi connectivity index (χ0) is 23.4. The van der Waals surface area contributed by atoms with E-state index in [4.69, 9.17) is 5.26 Å². The molecule has 33 heavy (non-hydrogen) atoms. The highest BCUT2D eigenvalue weighted by Gasteiger charge is 2.39. The fourth-order valence-corrected chi connectivity index (χ4v) is 3.50. The molecule has 0 spiro atoms. The van der Waals surface area contributed by atoms with E-state index < -0.39 is 18.0 Å². The molecule has 1 amide bonds. The van der Waals surface area contributed by atoms with Crippen molar-refractivity contribution in [3.05, 3.63) is 71.8 Å². The average molecular weight is 452 g/mol. The van der Waals surface area contributed by atoms with Crippen LogP contribution in [0.3, 0.4) is 0 Å². The first-order valence-corrected chi connectivity index (χ1v) is 10.3. The first-order valence-electron chi connectivity index (χ1n) is 10.3. The second-order valence-electron chi connectivity index (χ2n) is 7.52. The highest BCUT2D eigenvalue weighted by atomic mass is 19.4. The van der Waals surface area contributed by atoms with Gasteiger partial charge in [0.1, 0.15) is 11.9 Å². The first-order chi connectivity index (χ1) is 15.8. The molecule has 2 aromatic heterocycles. The topological polar surface area (TPSA) is 94.8 Å². The summed E-state index contributed by atoms with van der Waals surface area (Å²) in [5, 5.41) is 11.7. The van der Waals surface area contributed by atoms with E-state index in [1.54, 1.807) is 29.2 Å². The Hall–Kier alpha value is -4.00. The Kier molecular flexibility index (Phi) is 6.22. The normalized spacial score (nSPS) is 15.5. The van der Waals surface area contributed by atoms with Crippen LogP contribution in [0.1, 0.15) is 23.4 Å². The number of carbonyl (C=O) groups is 1. The van der Waals surface area contributed by atoms with Gasteiger partial charge in [0.25, 0.3) is 0 Å². The van der Waals surface area contributed by atoms with E-state index in [2.05, 4.69) is 20.3 Å². The summed E-state index contributed by atoms with van der Waals surface area (Å²) in [4.78, 5) is 25.5. The molecular weight excluding hydrogens is 433 g/mol. The summed E-state index contributed by atoms with van der Waals surface area (Å²) in [7, 11) is 0.